The quantitative estimate of drug-likeness (QED) is 0.702. The van der Waals surface area contributed by atoms with E-state index in [9.17, 15) is 5.21 Å². The van der Waals surface area contributed by atoms with Gasteiger partial charge in [-0.25, -0.2) is 19.9 Å². The molecule has 2 aromatic heterocycles. The van der Waals surface area contributed by atoms with Gasteiger partial charge in [0.2, 0.25) is 0 Å². The van der Waals surface area contributed by atoms with Gasteiger partial charge in [0.15, 0.2) is 5.65 Å². The van der Waals surface area contributed by atoms with Crippen LogP contribution in [-0.4, -0.2) is 25.0 Å². The molecule has 0 atom stereocenters. The summed E-state index contributed by atoms with van der Waals surface area (Å²) in [7, 11) is 0. The summed E-state index contributed by atoms with van der Waals surface area (Å²) < 4.78 is 0. The van der Waals surface area contributed by atoms with Crippen LogP contribution < -0.4 is 0 Å². The van der Waals surface area contributed by atoms with Crippen LogP contribution in [0.15, 0.2) is 12.5 Å². The van der Waals surface area contributed by atoms with E-state index in [1.165, 1.54) is 6.33 Å². The van der Waals surface area contributed by atoms with Gasteiger partial charge in [-0.15, -0.1) is 10.3 Å². The Morgan fingerprint density at radius 3 is 2.33 bits per heavy atom. The van der Waals surface area contributed by atoms with Crippen LogP contribution in [-0.2, 0) is 16.3 Å². The molecule has 1 radical (unpaired) electrons. The van der Waals surface area contributed by atoms with E-state index in [-0.39, 0.29) is 0 Å². The Kier molecular flexibility index (Phi) is 2.04. The third kappa shape index (κ3) is 1.24. The molecule has 2 aromatic rings. The zero-order valence-corrected chi connectivity index (χ0v) is 10.8. The number of hydrogen-bond acceptors (Lipinski definition) is 5. The van der Waals surface area contributed by atoms with Gasteiger partial charge in [-0.05, 0) is 27.7 Å². The van der Waals surface area contributed by atoms with Crippen molar-refractivity contribution in [1.29, 1.82) is 0 Å². The highest BCUT2D eigenvalue weighted by atomic mass is 16.5. The topological polar surface area (TPSA) is 74.7 Å². The first-order chi connectivity index (χ1) is 8.35. The lowest BCUT2D eigenvalue weighted by molar-refractivity contribution is -0.267. The van der Waals surface area contributed by atoms with Crippen LogP contribution in [0, 0.1) is 0 Å². The molecule has 0 N–H and O–H groups in total. The third-order valence-electron chi connectivity index (χ3n) is 3.52. The fourth-order valence-corrected chi connectivity index (χ4v) is 2.56. The molecule has 1 aliphatic rings. The molecule has 0 saturated heterocycles. The van der Waals surface area contributed by atoms with Gasteiger partial charge in [-0.3, -0.25) is 0 Å². The molecule has 6 heteroatoms. The molecule has 0 aromatic carbocycles. The Labute approximate surface area is 105 Å². The van der Waals surface area contributed by atoms with E-state index in [4.69, 9.17) is 0 Å². The Morgan fingerprint density at radius 2 is 1.67 bits per heavy atom. The van der Waals surface area contributed by atoms with Crippen LogP contribution in [0.25, 0.3) is 11.2 Å². The Hall–Kier alpha value is -1.66. The molecule has 93 valence electrons. The van der Waals surface area contributed by atoms with E-state index < -0.39 is 11.1 Å². The number of hydroxylamine groups is 2. The smallest absolute Gasteiger partial charge is 0.181 e. The summed E-state index contributed by atoms with van der Waals surface area (Å²) in [4.78, 5) is 17.1. The molecule has 0 saturated carbocycles. The van der Waals surface area contributed by atoms with Crippen molar-refractivity contribution in [2.24, 2.45) is 0 Å². The first-order valence-electron chi connectivity index (χ1n) is 5.81. The fraction of sp³-hybridized carbons (Fsp3) is 0.500. The number of fused-ring (bicyclic) bond motifs is 2. The molecule has 18 heavy (non-hydrogen) atoms. The van der Waals surface area contributed by atoms with Crippen LogP contribution in [0.2, 0.25) is 0 Å². The summed E-state index contributed by atoms with van der Waals surface area (Å²) >= 11 is 0. The van der Waals surface area contributed by atoms with Gasteiger partial charge in [0.05, 0.1) is 28.7 Å². The normalized spacial score (nSPS) is 21.2. The van der Waals surface area contributed by atoms with E-state index in [1.807, 2.05) is 27.7 Å². The second-order valence-electron chi connectivity index (χ2n) is 5.56. The standard InChI is InChI=1S/C12H14N5O/c1-11(2)8-9(12(3,4)17(11)18)16-10-7(15-8)5-13-6-14-10/h5-6H,1-4H3. The minimum Gasteiger partial charge on any atom is -0.244 e. The first kappa shape index (κ1) is 11.4. The molecule has 3 heterocycles. The maximum Gasteiger partial charge on any atom is 0.181 e. The van der Waals surface area contributed by atoms with Crippen LogP contribution in [0.5, 0.6) is 0 Å². The highest BCUT2D eigenvalue weighted by Crippen LogP contribution is 2.46. The van der Waals surface area contributed by atoms with Gasteiger partial charge in [-0.2, -0.15) is 0 Å². The second-order valence-corrected chi connectivity index (χ2v) is 5.56. The van der Waals surface area contributed by atoms with E-state index in [2.05, 4.69) is 19.9 Å². The Balaban J connectivity index is 2.38. The number of rotatable bonds is 0. The van der Waals surface area contributed by atoms with Gasteiger partial charge in [0.25, 0.3) is 0 Å². The average Bonchev–Trinajstić information content (AvgIpc) is 2.47. The lowest BCUT2D eigenvalue weighted by Gasteiger charge is -2.31. The van der Waals surface area contributed by atoms with Crippen molar-refractivity contribution in [3.8, 4) is 0 Å². The molecule has 0 bridgehead atoms. The van der Waals surface area contributed by atoms with Crippen molar-refractivity contribution in [2.75, 3.05) is 0 Å². The maximum atomic E-state index is 12.4. The van der Waals surface area contributed by atoms with Crippen LogP contribution in [0.4, 0.5) is 0 Å². The SMILES string of the molecule is CC1(C)c2nc3cncnc3nc2C(C)(C)N1[O]. The summed E-state index contributed by atoms with van der Waals surface area (Å²) in [5.74, 6) is 0. The monoisotopic (exact) mass is 244 g/mol. The molecule has 1 aliphatic heterocycles. The van der Waals surface area contributed by atoms with Crippen molar-refractivity contribution < 1.29 is 5.21 Å². The van der Waals surface area contributed by atoms with Crippen molar-refractivity contribution >= 4 is 11.2 Å². The molecular formula is C12H14N5O. The Bertz CT molecular complexity index is 583. The van der Waals surface area contributed by atoms with E-state index >= 15 is 0 Å². The molecular weight excluding hydrogens is 230 g/mol. The summed E-state index contributed by atoms with van der Waals surface area (Å²) in [6.45, 7) is 7.43. The van der Waals surface area contributed by atoms with E-state index in [1.54, 1.807) is 6.20 Å². The van der Waals surface area contributed by atoms with Crippen LogP contribution in [0.1, 0.15) is 39.1 Å². The zero-order chi connectivity index (χ0) is 13.1. The number of nitrogens with zero attached hydrogens (tertiary/aromatic N) is 5. The predicted molar refractivity (Wildman–Crippen MR) is 63.7 cm³/mol. The predicted octanol–water partition coefficient (Wildman–Crippen LogP) is 1.55. The Morgan fingerprint density at radius 1 is 1.06 bits per heavy atom. The van der Waals surface area contributed by atoms with Crippen LogP contribution >= 0.6 is 0 Å². The van der Waals surface area contributed by atoms with Crippen molar-refractivity contribution in [3.63, 3.8) is 0 Å². The highest BCUT2D eigenvalue weighted by Gasteiger charge is 2.52. The second kappa shape index (κ2) is 3.21. The van der Waals surface area contributed by atoms with E-state index in [0.29, 0.717) is 22.6 Å². The lowest BCUT2D eigenvalue weighted by Crippen LogP contribution is -2.41. The van der Waals surface area contributed by atoms with Gasteiger partial charge >= 0.3 is 0 Å². The van der Waals surface area contributed by atoms with Gasteiger partial charge < -0.3 is 0 Å². The molecule has 0 unspecified atom stereocenters. The van der Waals surface area contributed by atoms with Crippen molar-refractivity contribution in [3.05, 3.63) is 23.9 Å². The average molecular weight is 244 g/mol. The molecule has 3 rings (SSSR count). The molecule has 0 spiro atoms. The molecule has 0 aliphatic carbocycles. The summed E-state index contributed by atoms with van der Waals surface area (Å²) in [5, 5.41) is 13.4. The van der Waals surface area contributed by atoms with Crippen molar-refractivity contribution in [2.45, 2.75) is 38.8 Å². The van der Waals surface area contributed by atoms with Gasteiger partial charge in [0.1, 0.15) is 11.8 Å². The summed E-state index contributed by atoms with van der Waals surface area (Å²) in [5.41, 5.74) is 1.19. The van der Waals surface area contributed by atoms with Gasteiger partial charge in [-0.1, -0.05) is 0 Å². The number of aromatic nitrogens is 4. The third-order valence-corrected chi connectivity index (χ3v) is 3.52. The molecule has 0 amide bonds. The zero-order valence-electron chi connectivity index (χ0n) is 10.8. The highest BCUT2D eigenvalue weighted by molar-refractivity contribution is 5.69. The first-order valence-corrected chi connectivity index (χ1v) is 5.81. The maximum absolute atomic E-state index is 12.4. The van der Waals surface area contributed by atoms with Crippen molar-refractivity contribution in [1.82, 2.24) is 25.0 Å². The minimum atomic E-state index is -0.690. The van der Waals surface area contributed by atoms with E-state index in [0.717, 1.165) is 5.06 Å². The fourth-order valence-electron chi connectivity index (χ4n) is 2.56. The van der Waals surface area contributed by atoms with Crippen LogP contribution in [0.3, 0.4) is 0 Å². The molecule has 0 fully saturated rings. The summed E-state index contributed by atoms with van der Waals surface area (Å²) in [6.07, 6.45) is 3.05. The number of hydrogen-bond donors (Lipinski definition) is 0. The summed E-state index contributed by atoms with van der Waals surface area (Å²) in [6, 6.07) is 0. The molecule has 6 nitrogen and oxygen atoms in total. The minimum absolute atomic E-state index is 0.530. The largest absolute Gasteiger partial charge is 0.244 e. The lowest BCUT2D eigenvalue weighted by atomic mass is 10.0. The van der Waals surface area contributed by atoms with Gasteiger partial charge in [0, 0.05) is 0 Å².